The van der Waals surface area contributed by atoms with Crippen LogP contribution >= 0.6 is 0 Å². The van der Waals surface area contributed by atoms with Crippen molar-refractivity contribution in [2.75, 3.05) is 0 Å². The molecule has 2 heteroatoms. The first-order valence-electron chi connectivity index (χ1n) is 1.96. The first-order valence-corrected chi connectivity index (χ1v) is 1.96. The Bertz CT molecular complexity index is 101. The van der Waals surface area contributed by atoms with Crippen LogP contribution in [-0.2, 0) is 4.79 Å². The molecule has 0 heterocycles. The first kappa shape index (κ1) is 6.34. The minimum Gasteiger partial charge on any atom is -0.298 e. The predicted octanol–water partition coefficient (Wildman–Crippen LogP) is 1.45. The van der Waals surface area contributed by atoms with Crippen LogP contribution < -0.4 is 0 Å². The van der Waals surface area contributed by atoms with E-state index < -0.39 is 5.83 Å². The molecular weight excluding hydrogens is 95.1 g/mol. The molecule has 0 radical (unpaired) electrons. The lowest BCUT2D eigenvalue weighted by Crippen LogP contribution is -1.76. The van der Waals surface area contributed by atoms with Gasteiger partial charge < -0.3 is 0 Å². The molecule has 0 aliphatic carbocycles. The van der Waals surface area contributed by atoms with E-state index in [-0.39, 0.29) is 5.57 Å². The molecule has 0 amide bonds. The minimum absolute atomic E-state index is 0.167. The average molecular weight is 102 g/mol. The molecule has 0 aliphatic heterocycles. The molecule has 0 aromatic carbocycles. The first-order chi connectivity index (χ1) is 3.18. The quantitative estimate of drug-likeness (QED) is 0.361. The molecule has 0 bridgehead atoms. The minimum atomic E-state index is -0.407. The molecule has 0 N–H and O–H groups in total. The van der Waals surface area contributed by atoms with Crippen LogP contribution in [0.15, 0.2) is 11.4 Å². The molecule has 7 heavy (non-hydrogen) atoms. The van der Waals surface area contributed by atoms with Crippen LogP contribution in [0.5, 0.6) is 0 Å². The molecular formula is C5H7FO. The van der Waals surface area contributed by atoms with Crippen LogP contribution in [0, 0.1) is 0 Å². The monoisotopic (exact) mass is 102 g/mol. The Labute approximate surface area is 41.8 Å². The molecule has 0 aromatic rings. The number of halogens is 1. The van der Waals surface area contributed by atoms with Crippen LogP contribution in [0.25, 0.3) is 0 Å². The lowest BCUT2D eigenvalue weighted by molar-refractivity contribution is -0.105. The van der Waals surface area contributed by atoms with Gasteiger partial charge in [-0.3, -0.25) is 4.79 Å². The lowest BCUT2D eigenvalue weighted by atomic mass is 10.3. The normalized spacial score (nSPS) is 13.0. The number of aldehydes is 1. The van der Waals surface area contributed by atoms with Crippen molar-refractivity contribution in [2.24, 2.45) is 0 Å². The van der Waals surface area contributed by atoms with Crippen molar-refractivity contribution < 1.29 is 9.18 Å². The van der Waals surface area contributed by atoms with Crippen molar-refractivity contribution in [1.29, 1.82) is 0 Å². The Morgan fingerprint density at radius 2 is 2.00 bits per heavy atom. The summed E-state index contributed by atoms with van der Waals surface area (Å²) in [5.74, 6) is -0.407. The SMILES string of the molecule is CC(F)=C(C)C=O. The number of rotatable bonds is 1. The molecule has 0 aliphatic rings. The molecule has 0 unspecified atom stereocenters. The van der Waals surface area contributed by atoms with Crippen molar-refractivity contribution in [3.05, 3.63) is 11.4 Å². The van der Waals surface area contributed by atoms with E-state index in [4.69, 9.17) is 0 Å². The Morgan fingerprint density at radius 1 is 1.57 bits per heavy atom. The van der Waals surface area contributed by atoms with Crippen molar-refractivity contribution in [1.82, 2.24) is 0 Å². The van der Waals surface area contributed by atoms with Crippen LogP contribution in [0.3, 0.4) is 0 Å². The maximum atomic E-state index is 11.7. The van der Waals surface area contributed by atoms with Crippen LogP contribution in [0.4, 0.5) is 4.39 Å². The second-order valence-corrected chi connectivity index (χ2v) is 1.33. The van der Waals surface area contributed by atoms with Gasteiger partial charge in [0.2, 0.25) is 0 Å². The summed E-state index contributed by atoms with van der Waals surface area (Å²) in [4.78, 5) is 9.65. The van der Waals surface area contributed by atoms with Crippen molar-refractivity contribution in [2.45, 2.75) is 13.8 Å². The highest BCUT2D eigenvalue weighted by molar-refractivity contribution is 5.72. The fraction of sp³-hybridized carbons (Fsp3) is 0.400. The van der Waals surface area contributed by atoms with E-state index in [0.29, 0.717) is 6.29 Å². The molecule has 0 atom stereocenters. The van der Waals surface area contributed by atoms with Gasteiger partial charge in [0, 0.05) is 5.57 Å². The summed E-state index contributed by atoms with van der Waals surface area (Å²) >= 11 is 0. The van der Waals surface area contributed by atoms with Gasteiger partial charge in [-0.2, -0.15) is 0 Å². The zero-order chi connectivity index (χ0) is 5.86. The number of hydrogen-bond acceptors (Lipinski definition) is 1. The number of allylic oxidation sites excluding steroid dienone is 2. The van der Waals surface area contributed by atoms with Gasteiger partial charge in [0.25, 0.3) is 0 Å². The Morgan fingerprint density at radius 3 is 2.00 bits per heavy atom. The van der Waals surface area contributed by atoms with E-state index >= 15 is 0 Å². The molecule has 1 nitrogen and oxygen atoms in total. The molecule has 0 spiro atoms. The van der Waals surface area contributed by atoms with Crippen LogP contribution in [0.1, 0.15) is 13.8 Å². The van der Waals surface area contributed by atoms with E-state index in [2.05, 4.69) is 0 Å². The molecule has 0 fully saturated rings. The summed E-state index contributed by atoms with van der Waals surface area (Å²) in [5.41, 5.74) is 0.167. The Kier molecular flexibility index (Phi) is 2.27. The highest BCUT2D eigenvalue weighted by atomic mass is 19.1. The van der Waals surface area contributed by atoms with E-state index in [0.717, 1.165) is 0 Å². The van der Waals surface area contributed by atoms with Gasteiger partial charge >= 0.3 is 0 Å². The van der Waals surface area contributed by atoms with Crippen molar-refractivity contribution >= 4 is 6.29 Å². The zero-order valence-corrected chi connectivity index (χ0v) is 4.36. The third-order valence-electron chi connectivity index (χ3n) is 0.720. The van der Waals surface area contributed by atoms with Gasteiger partial charge in [0.15, 0.2) is 0 Å². The second kappa shape index (κ2) is 2.50. The molecule has 0 saturated heterocycles. The van der Waals surface area contributed by atoms with Gasteiger partial charge in [-0.15, -0.1) is 0 Å². The summed E-state index contributed by atoms with van der Waals surface area (Å²) in [6.45, 7) is 2.69. The average Bonchev–Trinajstić information content (AvgIpc) is 1.65. The summed E-state index contributed by atoms with van der Waals surface area (Å²) in [6, 6.07) is 0. The smallest absolute Gasteiger partial charge is 0.148 e. The molecule has 0 rings (SSSR count). The predicted molar refractivity (Wildman–Crippen MR) is 25.5 cm³/mol. The number of hydrogen-bond donors (Lipinski definition) is 0. The summed E-state index contributed by atoms with van der Waals surface area (Å²) in [7, 11) is 0. The van der Waals surface area contributed by atoms with Gasteiger partial charge in [-0.25, -0.2) is 4.39 Å². The maximum absolute atomic E-state index is 11.7. The van der Waals surface area contributed by atoms with Gasteiger partial charge in [-0.05, 0) is 13.8 Å². The Balaban J connectivity index is 3.98. The van der Waals surface area contributed by atoms with Gasteiger partial charge in [-0.1, -0.05) is 0 Å². The van der Waals surface area contributed by atoms with Crippen LogP contribution in [-0.4, -0.2) is 6.29 Å². The molecule has 0 saturated carbocycles. The summed E-state index contributed by atoms with van der Waals surface area (Å²) in [5, 5.41) is 0. The van der Waals surface area contributed by atoms with Crippen LogP contribution in [0.2, 0.25) is 0 Å². The summed E-state index contributed by atoms with van der Waals surface area (Å²) in [6.07, 6.45) is 0.495. The molecule has 40 valence electrons. The second-order valence-electron chi connectivity index (χ2n) is 1.33. The Hall–Kier alpha value is -0.660. The van der Waals surface area contributed by atoms with E-state index in [1.807, 2.05) is 0 Å². The van der Waals surface area contributed by atoms with E-state index in [1.54, 1.807) is 0 Å². The topological polar surface area (TPSA) is 17.1 Å². The largest absolute Gasteiger partial charge is 0.298 e. The number of carbonyl (C=O) groups excluding carboxylic acids is 1. The molecule has 0 aromatic heterocycles. The van der Waals surface area contributed by atoms with Gasteiger partial charge in [0.1, 0.15) is 12.1 Å². The number of carbonyl (C=O) groups is 1. The summed E-state index contributed by atoms with van der Waals surface area (Å²) < 4.78 is 11.7. The maximum Gasteiger partial charge on any atom is 0.148 e. The van der Waals surface area contributed by atoms with E-state index in [9.17, 15) is 9.18 Å². The highest BCUT2D eigenvalue weighted by Gasteiger charge is 1.88. The fourth-order valence-electron chi connectivity index (χ4n) is 0.0812. The standard InChI is InChI=1S/C5H7FO/c1-4(3-7)5(2)6/h3H,1-2H3. The lowest BCUT2D eigenvalue weighted by Gasteiger charge is -1.82. The zero-order valence-electron chi connectivity index (χ0n) is 4.36. The van der Waals surface area contributed by atoms with Crippen molar-refractivity contribution in [3.8, 4) is 0 Å². The van der Waals surface area contributed by atoms with Crippen molar-refractivity contribution in [3.63, 3.8) is 0 Å². The third-order valence-corrected chi connectivity index (χ3v) is 0.720. The van der Waals surface area contributed by atoms with E-state index in [1.165, 1.54) is 13.8 Å². The van der Waals surface area contributed by atoms with Gasteiger partial charge in [0.05, 0.1) is 0 Å². The fourth-order valence-corrected chi connectivity index (χ4v) is 0.0812. The third kappa shape index (κ3) is 2.09. The highest BCUT2D eigenvalue weighted by Crippen LogP contribution is 1.98.